The smallest absolute Gasteiger partial charge is 0.308 e. The van der Waals surface area contributed by atoms with Gasteiger partial charge in [-0.2, -0.15) is 10.4 Å². The molecule has 0 radical (unpaired) electrons. The van der Waals surface area contributed by atoms with Gasteiger partial charge in [0.1, 0.15) is 11.6 Å². The number of nitriles is 1. The summed E-state index contributed by atoms with van der Waals surface area (Å²) in [4.78, 5) is 11.8. The predicted octanol–water partition coefficient (Wildman–Crippen LogP) is 3.24. The minimum Gasteiger partial charge on any atom is -0.308 e. The maximum atomic E-state index is 11.8. The van der Waals surface area contributed by atoms with Crippen molar-refractivity contribution in [3.8, 4) is 6.07 Å². The minimum atomic E-state index is -0.529. The molecule has 0 bridgehead atoms. The first kappa shape index (κ1) is 14.2. The predicted molar refractivity (Wildman–Crippen MR) is 77.0 cm³/mol. The van der Waals surface area contributed by atoms with Crippen LogP contribution in [0.4, 0.5) is 16.3 Å². The maximum absolute atomic E-state index is 11.8. The Morgan fingerprint density at radius 3 is 2.75 bits per heavy atom. The number of aromatic nitrogens is 2. The van der Waals surface area contributed by atoms with E-state index < -0.39 is 6.03 Å². The van der Waals surface area contributed by atoms with Gasteiger partial charge < -0.3 is 5.32 Å². The Bertz CT molecular complexity index is 704. The number of carbonyl (C=O) groups excluding carboxylic acids is 1. The van der Waals surface area contributed by atoms with Crippen molar-refractivity contribution >= 4 is 40.7 Å². The van der Waals surface area contributed by atoms with Gasteiger partial charge in [0, 0.05) is 18.9 Å². The Morgan fingerprint density at radius 1 is 1.35 bits per heavy atom. The largest absolute Gasteiger partial charge is 0.324 e. The Kier molecular flexibility index (Phi) is 4.13. The van der Waals surface area contributed by atoms with Crippen molar-refractivity contribution in [2.75, 3.05) is 10.6 Å². The molecule has 1 heterocycles. The zero-order valence-corrected chi connectivity index (χ0v) is 11.8. The van der Waals surface area contributed by atoms with Crippen LogP contribution in [0.15, 0.2) is 24.4 Å². The van der Waals surface area contributed by atoms with Crippen molar-refractivity contribution in [3.05, 3.63) is 40.0 Å². The first-order valence-corrected chi connectivity index (χ1v) is 6.22. The van der Waals surface area contributed by atoms with Crippen LogP contribution in [0.25, 0.3) is 0 Å². The fourth-order valence-electron chi connectivity index (χ4n) is 1.51. The van der Waals surface area contributed by atoms with Crippen LogP contribution in [0.2, 0.25) is 10.0 Å². The van der Waals surface area contributed by atoms with Crippen molar-refractivity contribution < 1.29 is 4.79 Å². The normalized spacial score (nSPS) is 9.90. The van der Waals surface area contributed by atoms with E-state index in [4.69, 9.17) is 28.5 Å². The molecule has 8 heteroatoms. The summed E-state index contributed by atoms with van der Waals surface area (Å²) in [6, 6.07) is 6.11. The summed E-state index contributed by atoms with van der Waals surface area (Å²) in [6.45, 7) is 0. The summed E-state index contributed by atoms with van der Waals surface area (Å²) in [5, 5.41) is 18.6. The highest BCUT2D eigenvalue weighted by Crippen LogP contribution is 2.25. The van der Waals surface area contributed by atoms with Crippen LogP contribution in [-0.2, 0) is 7.05 Å². The number of rotatable bonds is 2. The molecule has 102 valence electrons. The van der Waals surface area contributed by atoms with Crippen LogP contribution in [-0.4, -0.2) is 15.8 Å². The van der Waals surface area contributed by atoms with Crippen molar-refractivity contribution in [1.29, 1.82) is 5.26 Å². The summed E-state index contributed by atoms with van der Waals surface area (Å²) in [5.74, 6) is 0.188. The van der Waals surface area contributed by atoms with Crippen LogP contribution in [0.5, 0.6) is 0 Å². The van der Waals surface area contributed by atoms with Gasteiger partial charge in [0.2, 0.25) is 0 Å². The molecule has 2 N–H and O–H groups in total. The quantitative estimate of drug-likeness (QED) is 0.893. The van der Waals surface area contributed by atoms with E-state index in [9.17, 15) is 4.79 Å². The SMILES string of the molecule is Cn1cc(C#N)c(NC(=O)Nc2ccc(Cl)c(Cl)c2)n1. The van der Waals surface area contributed by atoms with E-state index in [-0.39, 0.29) is 11.4 Å². The van der Waals surface area contributed by atoms with Crippen LogP contribution >= 0.6 is 23.2 Å². The second-order valence-corrected chi connectivity index (χ2v) is 4.70. The number of halogens is 2. The van der Waals surface area contributed by atoms with Gasteiger partial charge in [0.05, 0.1) is 10.0 Å². The maximum Gasteiger partial charge on any atom is 0.324 e. The van der Waals surface area contributed by atoms with E-state index in [1.807, 2.05) is 6.07 Å². The molecule has 0 atom stereocenters. The van der Waals surface area contributed by atoms with E-state index >= 15 is 0 Å². The molecule has 0 fully saturated rings. The molecular formula is C12H9Cl2N5O. The van der Waals surface area contributed by atoms with E-state index in [0.717, 1.165) is 0 Å². The number of aryl methyl sites for hydroxylation is 1. The lowest BCUT2D eigenvalue weighted by Crippen LogP contribution is -2.20. The van der Waals surface area contributed by atoms with Gasteiger partial charge in [0.25, 0.3) is 0 Å². The number of anilines is 2. The number of amides is 2. The molecule has 0 aliphatic rings. The number of hydrogen-bond acceptors (Lipinski definition) is 3. The van der Waals surface area contributed by atoms with Crippen molar-refractivity contribution in [1.82, 2.24) is 9.78 Å². The number of carbonyl (C=O) groups is 1. The highest BCUT2D eigenvalue weighted by molar-refractivity contribution is 6.42. The number of nitrogens with one attached hydrogen (secondary N) is 2. The van der Waals surface area contributed by atoms with Crippen LogP contribution < -0.4 is 10.6 Å². The van der Waals surface area contributed by atoms with Crippen molar-refractivity contribution in [2.24, 2.45) is 7.05 Å². The average Bonchev–Trinajstić information content (AvgIpc) is 2.74. The fourth-order valence-corrected chi connectivity index (χ4v) is 1.80. The standard InChI is InChI=1S/C12H9Cl2N5O/c1-19-6-7(5-15)11(18-19)17-12(20)16-8-2-3-9(13)10(14)4-8/h2-4,6H,1H3,(H2,16,17,18,20). The third-order valence-corrected chi connectivity index (χ3v) is 3.10. The summed E-state index contributed by atoms with van der Waals surface area (Å²) in [5.41, 5.74) is 0.753. The van der Waals surface area contributed by atoms with E-state index in [2.05, 4.69) is 15.7 Å². The van der Waals surface area contributed by atoms with Gasteiger partial charge in [0.15, 0.2) is 5.82 Å². The topological polar surface area (TPSA) is 82.7 Å². The molecule has 6 nitrogen and oxygen atoms in total. The molecule has 0 spiro atoms. The minimum absolute atomic E-state index is 0.188. The molecule has 2 rings (SSSR count). The summed E-state index contributed by atoms with van der Waals surface area (Å²) >= 11 is 11.6. The summed E-state index contributed by atoms with van der Waals surface area (Å²) < 4.78 is 1.44. The Labute approximate surface area is 124 Å². The third kappa shape index (κ3) is 3.20. The highest BCUT2D eigenvalue weighted by Gasteiger charge is 2.11. The molecule has 2 amide bonds. The fraction of sp³-hybridized carbons (Fsp3) is 0.0833. The number of benzene rings is 1. The van der Waals surface area contributed by atoms with Crippen LogP contribution in [0.1, 0.15) is 5.56 Å². The Balaban J connectivity index is 2.09. The van der Waals surface area contributed by atoms with Gasteiger partial charge in [-0.3, -0.25) is 10.00 Å². The van der Waals surface area contributed by atoms with Gasteiger partial charge >= 0.3 is 6.03 Å². The molecule has 1 aromatic carbocycles. The summed E-state index contributed by atoms with van der Waals surface area (Å²) in [6.07, 6.45) is 1.51. The second-order valence-electron chi connectivity index (χ2n) is 3.88. The van der Waals surface area contributed by atoms with E-state index in [0.29, 0.717) is 15.7 Å². The van der Waals surface area contributed by atoms with Gasteiger partial charge in [-0.05, 0) is 18.2 Å². The molecule has 0 aliphatic carbocycles. The summed E-state index contributed by atoms with van der Waals surface area (Å²) in [7, 11) is 1.66. The molecule has 0 saturated heterocycles. The number of hydrogen-bond donors (Lipinski definition) is 2. The molecule has 1 aromatic heterocycles. The molecule has 20 heavy (non-hydrogen) atoms. The molecule has 0 saturated carbocycles. The molecule has 0 unspecified atom stereocenters. The third-order valence-electron chi connectivity index (χ3n) is 2.36. The van der Waals surface area contributed by atoms with Crippen LogP contribution in [0, 0.1) is 11.3 Å². The number of urea groups is 1. The highest BCUT2D eigenvalue weighted by atomic mass is 35.5. The Hall–Kier alpha value is -2.23. The first-order chi connectivity index (χ1) is 9.49. The molecule has 0 aliphatic heterocycles. The monoisotopic (exact) mass is 309 g/mol. The number of nitrogens with zero attached hydrogens (tertiary/aromatic N) is 3. The first-order valence-electron chi connectivity index (χ1n) is 5.46. The average molecular weight is 310 g/mol. The lowest BCUT2D eigenvalue weighted by molar-refractivity contribution is 0.262. The van der Waals surface area contributed by atoms with Gasteiger partial charge in [-0.25, -0.2) is 4.79 Å². The van der Waals surface area contributed by atoms with Crippen molar-refractivity contribution in [3.63, 3.8) is 0 Å². The Morgan fingerprint density at radius 2 is 2.10 bits per heavy atom. The van der Waals surface area contributed by atoms with Crippen LogP contribution in [0.3, 0.4) is 0 Å². The lowest BCUT2D eigenvalue weighted by Gasteiger charge is -2.06. The van der Waals surface area contributed by atoms with E-state index in [1.54, 1.807) is 19.2 Å². The van der Waals surface area contributed by atoms with Crippen molar-refractivity contribution in [2.45, 2.75) is 0 Å². The zero-order valence-electron chi connectivity index (χ0n) is 10.3. The molecule has 2 aromatic rings. The second kappa shape index (κ2) is 5.82. The zero-order chi connectivity index (χ0) is 14.7. The van der Waals surface area contributed by atoms with Gasteiger partial charge in [-0.15, -0.1) is 0 Å². The molecular weight excluding hydrogens is 301 g/mol. The van der Waals surface area contributed by atoms with E-state index in [1.165, 1.54) is 16.9 Å². The lowest BCUT2D eigenvalue weighted by atomic mass is 10.3. The van der Waals surface area contributed by atoms with Gasteiger partial charge in [-0.1, -0.05) is 23.2 Å².